The number of pyridine rings is 1. The molecular weight excluding hydrogens is 314 g/mol. The van der Waals surface area contributed by atoms with Crippen molar-refractivity contribution in [1.29, 1.82) is 0 Å². The molecule has 1 heterocycles. The lowest BCUT2D eigenvalue weighted by Crippen LogP contribution is -2.17. The summed E-state index contributed by atoms with van der Waals surface area (Å²) in [5, 5.41) is 2.94. The minimum absolute atomic E-state index is 0.00990. The number of ether oxygens (including phenoxy) is 1. The van der Waals surface area contributed by atoms with Crippen molar-refractivity contribution < 1.29 is 4.74 Å². The minimum atomic E-state index is 0.00990. The third-order valence-electron chi connectivity index (χ3n) is 3.99. The second-order valence-corrected chi connectivity index (χ2v) is 6.87. The number of aryl methyl sites for hydroxylation is 1. The maximum Gasteiger partial charge on any atom is 0.258 e. The second-order valence-electron chi connectivity index (χ2n) is 5.72. The third-order valence-corrected chi connectivity index (χ3v) is 4.61. The van der Waals surface area contributed by atoms with Gasteiger partial charge in [-0.1, -0.05) is 41.4 Å². The van der Waals surface area contributed by atoms with E-state index in [4.69, 9.17) is 4.74 Å². The van der Waals surface area contributed by atoms with Crippen LogP contribution in [0.1, 0.15) is 6.92 Å². The lowest BCUT2D eigenvalue weighted by molar-refractivity contribution is 0.372. The van der Waals surface area contributed by atoms with E-state index < -0.39 is 0 Å². The molecule has 3 rings (SSSR count). The number of fused-ring (bicyclic) bond motifs is 1. The van der Waals surface area contributed by atoms with Crippen molar-refractivity contribution in [3.63, 3.8) is 0 Å². The lowest BCUT2D eigenvalue weighted by Gasteiger charge is -2.14. The van der Waals surface area contributed by atoms with E-state index in [1.54, 1.807) is 18.5 Å². The van der Waals surface area contributed by atoms with Gasteiger partial charge in [-0.2, -0.15) is 0 Å². The molecule has 1 aromatic heterocycles. The Morgan fingerprint density at radius 2 is 1.88 bits per heavy atom. The molecule has 3 aromatic rings. The first-order chi connectivity index (χ1) is 11.6. The summed E-state index contributed by atoms with van der Waals surface area (Å²) in [6.07, 6.45) is 1.89. The van der Waals surface area contributed by atoms with Gasteiger partial charge in [0, 0.05) is 40.0 Å². The average molecular weight is 333 g/mol. The molecular formula is C20H19NO2Si. The van der Waals surface area contributed by atoms with E-state index in [0.29, 0.717) is 6.61 Å². The van der Waals surface area contributed by atoms with Crippen molar-refractivity contribution in [3.8, 4) is 28.7 Å². The van der Waals surface area contributed by atoms with Crippen LogP contribution in [0, 0.1) is 11.8 Å². The van der Waals surface area contributed by atoms with Crippen LogP contribution < -0.4 is 15.5 Å². The third kappa shape index (κ3) is 2.99. The molecule has 0 aliphatic carbocycles. The van der Waals surface area contributed by atoms with Crippen LogP contribution in [0.5, 0.6) is 5.75 Å². The predicted octanol–water partition coefficient (Wildman–Crippen LogP) is 1.60. The van der Waals surface area contributed by atoms with Crippen LogP contribution in [0.15, 0.2) is 53.5 Å². The maximum absolute atomic E-state index is 12.4. The molecule has 0 aliphatic heterocycles. The molecule has 0 aliphatic rings. The van der Waals surface area contributed by atoms with Crippen LogP contribution in [0.4, 0.5) is 0 Å². The first-order valence-electron chi connectivity index (χ1n) is 7.83. The maximum atomic E-state index is 12.4. The molecule has 4 heteroatoms. The fourth-order valence-corrected chi connectivity index (χ4v) is 3.25. The summed E-state index contributed by atoms with van der Waals surface area (Å²) < 4.78 is 7.49. The minimum Gasteiger partial charge on any atom is -0.480 e. The molecule has 0 amide bonds. The molecule has 0 spiro atoms. The van der Waals surface area contributed by atoms with Crippen LogP contribution in [0.25, 0.3) is 21.9 Å². The number of hydrogen-bond donors (Lipinski definition) is 0. The van der Waals surface area contributed by atoms with Gasteiger partial charge < -0.3 is 9.30 Å². The van der Waals surface area contributed by atoms with Crippen LogP contribution in [0.2, 0.25) is 0 Å². The monoisotopic (exact) mass is 333 g/mol. The molecule has 0 bridgehead atoms. The smallest absolute Gasteiger partial charge is 0.258 e. The summed E-state index contributed by atoms with van der Waals surface area (Å²) in [6.45, 7) is 2.15. The highest BCUT2D eigenvalue weighted by atomic mass is 28.1. The number of aromatic nitrogens is 1. The Balaban J connectivity index is 2.27. The Bertz CT molecular complexity index is 1030. The van der Waals surface area contributed by atoms with Crippen LogP contribution in [-0.4, -0.2) is 21.4 Å². The summed E-state index contributed by atoms with van der Waals surface area (Å²) in [5.41, 5.74) is 2.02. The van der Waals surface area contributed by atoms with E-state index in [9.17, 15) is 4.79 Å². The standard InChI is InChI=1S/C20H19NO2Si/c1-3-4-11-23-19-10-9-14(24)12-17(19)18-13-21(2)20(22)16-8-6-5-7-15(16)18/h5-10,12-13H,11H2,1-2,24H3. The molecule has 0 saturated carbocycles. The molecule has 0 unspecified atom stereocenters. The molecule has 0 radical (unpaired) electrons. The van der Waals surface area contributed by atoms with E-state index >= 15 is 0 Å². The van der Waals surface area contributed by atoms with Crippen molar-refractivity contribution in [1.82, 2.24) is 4.57 Å². The molecule has 24 heavy (non-hydrogen) atoms. The summed E-state index contributed by atoms with van der Waals surface area (Å²) in [4.78, 5) is 12.4. The highest BCUT2D eigenvalue weighted by molar-refractivity contribution is 6.32. The van der Waals surface area contributed by atoms with E-state index in [0.717, 1.165) is 37.9 Å². The number of rotatable bonds is 3. The van der Waals surface area contributed by atoms with Crippen molar-refractivity contribution in [2.24, 2.45) is 7.05 Å². The van der Waals surface area contributed by atoms with Crippen molar-refractivity contribution in [3.05, 3.63) is 59.0 Å². The quantitative estimate of drug-likeness (QED) is 0.538. The van der Waals surface area contributed by atoms with Crippen LogP contribution in [-0.2, 0) is 7.05 Å². The fraction of sp³-hybridized carbons (Fsp3) is 0.150. The van der Waals surface area contributed by atoms with E-state index in [-0.39, 0.29) is 5.56 Å². The highest BCUT2D eigenvalue weighted by Crippen LogP contribution is 2.33. The van der Waals surface area contributed by atoms with Crippen molar-refractivity contribution in [2.75, 3.05) is 6.61 Å². The Labute approximate surface area is 144 Å². The normalized spacial score (nSPS) is 10.4. The van der Waals surface area contributed by atoms with Gasteiger partial charge >= 0.3 is 0 Å². The summed E-state index contributed by atoms with van der Waals surface area (Å²) >= 11 is 0. The Morgan fingerprint density at radius 3 is 2.62 bits per heavy atom. The van der Waals surface area contributed by atoms with Crippen LogP contribution in [0.3, 0.4) is 0 Å². The van der Waals surface area contributed by atoms with Gasteiger partial charge in [0.25, 0.3) is 5.56 Å². The second kappa shape index (κ2) is 6.77. The van der Waals surface area contributed by atoms with Gasteiger partial charge in [-0.05, 0) is 24.4 Å². The summed E-state index contributed by atoms with van der Waals surface area (Å²) in [7, 11) is 2.74. The predicted molar refractivity (Wildman–Crippen MR) is 103 cm³/mol. The highest BCUT2D eigenvalue weighted by Gasteiger charge is 2.13. The fourth-order valence-electron chi connectivity index (χ4n) is 2.80. The Hall–Kier alpha value is -2.77. The number of hydrogen-bond acceptors (Lipinski definition) is 2. The zero-order valence-corrected chi connectivity index (χ0v) is 16.1. The van der Waals surface area contributed by atoms with Gasteiger partial charge in [-0.15, -0.1) is 5.92 Å². The molecule has 0 saturated heterocycles. The van der Waals surface area contributed by atoms with Gasteiger partial charge in [0.1, 0.15) is 12.4 Å². The molecule has 2 aromatic carbocycles. The summed E-state index contributed by atoms with van der Waals surface area (Å²) in [6, 6.07) is 13.9. The molecule has 3 nitrogen and oxygen atoms in total. The molecule has 0 fully saturated rings. The van der Waals surface area contributed by atoms with E-state index in [2.05, 4.69) is 24.0 Å². The Kier molecular flexibility index (Phi) is 4.54. The van der Waals surface area contributed by atoms with Gasteiger partial charge in [0.05, 0.1) is 0 Å². The van der Waals surface area contributed by atoms with Gasteiger partial charge in [-0.3, -0.25) is 4.79 Å². The molecule has 120 valence electrons. The Morgan fingerprint density at radius 1 is 1.12 bits per heavy atom. The van der Waals surface area contributed by atoms with Crippen molar-refractivity contribution >= 4 is 26.2 Å². The summed E-state index contributed by atoms with van der Waals surface area (Å²) in [5.74, 6) is 6.56. The van der Waals surface area contributed by atoms with Gasteiger partial charge in [0.15, 0.2) is 0 Å². The molecule has 0 atom stereocenters. The van der Waals surface area contributed by atoms with Crippen LogP contribution >= 0.6 is 0 Å². The zero-order chi connectivity index (χ0) is 17.1. The zero-order valence-electron chi connectivity index (χ0n) is 14.1. The number of benzene rings is 2. The number of nitrogens with zero attached hydrogens (tertiary/aromatic N) is 1. The average Bonchev–Trinajstić information content (AvgIpc) is 2.59. The van der Waals surface area contributed by atoms with Gasteiger partial charge in [-0.25, -0.2) is 0 Å². The van der Waals surface area contributed by atoms with E-state index in [1.165, 1.54) is 5.19 Å². The largest absolute Gasteiger partial charge is 0.480 e. The molecule has 0 N–H and O–H groups in total. The topological polar surface area (TPSA) is 31.2 Å². The first kappa shape index (κ1) is 16.1. The SMILES string of the molecule is CC#CCOc1ccc([SiH3])cc1-c1cn(C)c(=O)c2ccccc12. The van der Waals surface area contributed by atoms with Crippen molar-refractivity contribution in [2.45, 2.75) is 6.92 Å². The lowest BCUT2D eigenvalue weighted by atomic mass is 10.00. The first-order valence-corrected chi connectivity index (χ1v) is 8.83. The van der Waals surface area contributed by atoms with Gasteiger partial charge in [0.2, 0.25) is 0 Å². The van der Waals surface area contributed by atoms with E-state index in [1.807, 2.05) is 36.5 Å².